The number of nitrogens with zero attached hydrogens (tertiary/aromatic N) is 1. The zero-order chi connectivity index (χ0) is 11.3. The van der Waals surface area contributed by atoms with Gasteiger partial charge in [0.15, 0.2) is 0 Å². The molecule has 5 nitrogen and oxygen atoms in total. The van der Waals surface area contributed by atoms with Crippen LogP contribution in [0.25, 0.3) is 0 Å². The zero-order valence-corrected chi connectivity index (χ0v) is 9.16. The number of nitrogens with two attached hydrogens (primary N) is 1. The number of rotatable bonds is 6. The fourth-order valence-corrected chi connectivity index (χ4v) is 1.49. The van der Waals surface area contributed by atoms with Gasteiger partial charge in [-0.25, -0.2) is 0 Å². The van der Waals surface area contributed by atoms with Crippen LogP contribution in [-0.4, -0.2) is 42.4 Å². The van der Waals surface area contributed by atoms with Gasteiger partial charge in [-0.3, -0.25) is 9.59 Å². The maximum atomic E-state index is 11.7. The van der Waals surface area contributed by atoms with Crippen LogP contribution in [0, 0.1) is 0 Å². The Bertz CT molecular complexity index is 239. The van der Waals surface area contributed by atoms with E-state index >= 15 is 0 Å². The van der Waals surface area contributed by atoms with Crippen LogP contribution < -0.4 is 11.1 Å². The lowest BCUT2D eigenvalue weighted by Crippen LogP contribution is -2.43. The number of hydrogen-bond acceptors (Lipinski definition) is 3. The van der Waals surface area contributed by atoms with Crippen LogP contribution in [-0.2, 0) is 9.59 Å². The Labute approximate surface area is 90.0 Å². The summed E-state index contributed by atoms with van der Waals surface area (Å²) in [6.45, 7) is 2.83. The van der Waals surface area contributed by atoms with E-state index in [2.05, 4.69) is 5.32 Å². The molecule has 1 saturated carbocycles. The van der Waals surface area contributed by atoms with E-state index in [1.165, 1.54) is 0 Å². The molecule has 0 aliphatic heterocycles. The molecule has 5 heteroatoms. The Morgan fingerprint density at radius 3 is 2.60 bits per heavy atom. The van der Waals surface area contributed by atoms with E-state index in [0.29, 0.717) is 6.04 Å². The van der Waals surface area contributed by atoms with Crippen molar-refractivity contribution in [1.82, 2.24) is 10.2 Å². The van der Waals surface area contributed by atoms with Gasteiger partial charge in [-0.1, -0.05) is 6.92 Å². The van der Waals surface area contributed by atoms with Gasteiger partial charge in [-0.2, -0.15) is 0 Å². The molecule has 1 aliphatic rings. The molecule has 0 heterocycles. The van der Waals surface area contributed by atoms with Crippen molar-refractivity contribution in [3.8, 4) is 0 Å². The van der Waals surface area contributed by atoms with Crippen molar-refractivity contribution in [3.63, 3.8) is 0 Å². The lowest BCUT2D eigenvalue weighted by atomic mass is 10.3. The molecule has 0 bridgehead atoms. The van der Waals surface area contributed by atoms with Crippen LogP contribution in [0.4, 0.5) is 0 Å². The van der Waals surface area contributed by atoms with E-state index in [0.717, 1.165) is 25.8 Å². The van der Waals surface area contributed by atoms with Crippen LogP contribution in [0.5, 0.6) is 0 Å². The van der Waals surface area contributed by atoms with Gasteiger partial charge in [0.25, 0.3) is 0 Å². The lowest BCUT2D eigenvalue weighted by molar-refractivity contribution is -0.133. The summed E-state index contributed by atoms with van der Waals surface area (Å²) < 4.78 is 0. The number of carbonyl (C=O) groups is 2. The van der Waals surface area contributed by atoms with E-state index < -0.39 is 0 Å². The highest BCUT2D eigenvalue weighted by Crippen LogP contribution is 2.26. The summed E-state index contributed by atoms with van der Waals surface area (Å²) in [5.41, 5.74) is 5.13. The largest absolute Gasteiger partial charge is 0.346 e. The maximum Gasteiger partial charge on any atom is 0.242 e. The van der Waals surface area contributed by atoms with E-state index in [9.17, 15) is 9.59 Å². The van der Waals surface area contributed by atoms with Gasteiger partial charge in [0.05, 0.1) is 13.1 Å². The number of carbonyl (C=O) groups excluding carboxylic acids is 2. The fourth-order valence-electron chi connectivity index (χ4n) is 1.49. The average Bonchev–Trinajstić information content (AvgIpc) is 3.05. The first-order valence-electron chi connectivity index (χ1n) is 5.45. The van der Waals surface area contributed by atoms with Crippen LogP contribution in [0.15, 0.2) is 0 Å². The monoisotopic (exact) mass is 213 g/mol. The van der Waals surface area contributed by atoms with Crippen molar-refractivity contribution >= 4 is 11.8 Å². The molecular weight excluding hydrogens is 194 g/mol. The second-order valence-electron chi connectivity index (χ2n) is 3.80. The van der Waals surface area contributed by atoms with Crippen molar-refractivity contribution in [2.45, 2.75) is 32.2 Å². The standard InChI is InChI=1S/C10H19N3O2/c1-2-5-13(8-3-4-8)10(15)7-12-9(14)6-11/h8H,2-7,11H2,1H3,(H,12,14). The minimum atomic E-state index is -0.282. The molecule has 1 rings (SSSR count). The Hall–Kier alpha value is -1.10. The molecule has 1 fully saturated rings. The molecule has 0 spiro atoms. The molecule has 2 amide bonds. The number of nitrogens with one attached hydrogen (secondary N) is 1. The molecule has 0 aromatic carbocycles. The lowest BCUT2D eigenvalue weighted by Gasteiger charge is -2.21. The molecule has 0 saturated heterocycles. The van der Waals surface area contributed by atoms with Crippen molar-refractivity contribution in [2.75, 3.05) is 19.6 Å². The summed E-state index contributed by atoms with van der Waals surface area (Å²) in [7, 11) is 0. The van der Waals surface area contributed by atoms with Crippen LogP contribution in [0.1, 0.15) is 26.2 Å². The molecule has 1 aliphatic carbocycles. The molecule has 86 valence electrons. The summed E-state index contributed by atoms with van der Waals surface area (Å²) in [4.78, 5) is 24.4. The van der Waals surface area contributed by atoms with E-state index in [-0.39, 0.29) is 24.9 Å². The minimum Gasteiger partial charge on any atom is -0.346 e. The van der Waals surface area contributed by atoms with Crippen molar-refractivity contribution in [1.29, 1.82) is 0 Å². The van der Waals surface area contributed by atoms with Gasteiger partial charge < -0.3 is 16.0 Å². The second-order valence-corrected chi connectivity index (χ2v) is 3.80. The SMILES string of the molecule is CCCN(C(=O)CNC(=O)CN)C1CC1. The second kappa shape index (κ2) is 5.70. The Balaban J connectivity index is 2.32. The number of amides is 2. The summed E-state index contributed by atoms with van der Waals surface area (Å²) >= 11 is 0. The van der Waals surface area contributed by atoms with Crippen molar-refractivity contribution in [3.05, 3.63) is 0 Å². The van der Waals surface area contributed by atoms with E-state index in [1.54, 1.807) is 0 Å². The van der Waals surface area contributed by atoms with Crippen LogP contribution in [0.2, 0.25) is 0 Å². The van der Waals surface area contributed by atoms with Gasteiger partial charge in [0, 0.05) is 12.6 Å². The third-order valence-corrected chi connectivity index (χ3v) is 2.39. The quantitative estimate of drug-likeness (QED) is 0.622. The predicted octanol–water partition coefficient (Wildman–Crippen LogP) is -0.538. The fraction of sp³-hybridized carbons (Fsp3) is 0.800. The summed E-state index contributed by atoms with van der Waals surface area (Å²) in [6, 6.07) is 0.409. The Morgan fingerprint density at radius 2 is 2.13 bits per heavy atom. The Morgan fingerprint density at radius 1 is 1.47 bits per heavy atom. The number of hydrogen-bond donors (Lipinski definition) is 2. The topological polar surface area (TPSA) is 75.4 Å². The Kier molecular flexibility index (Phi) is 4.55. The molecular formula is C10H19N3O2. The normalized spacial score (nSPS) is 14.8. The van der Waals surface area contributed by atoms with Gasteiger partial charge >= 0.3 is 0 Å². The van der Waals surface area contributed by atoms with Crippen LogP contribution in [0.3, 0.4) is 0 Å². The molecule has 0 aromatic heterocycles. The van der Waals surface area contributed by atoms with Crippen molar-refractivity contribution < 1.29 is 9.59 Å². The van der Waals surface area contributed by atoms with E-state index in [4.69, 9.17) is 5.73 Å². The minimum absolute atomic E-state index is 0.00106. The zero-order valence-electron chi connectivity index (χ0n) is 9.16. The van der Waals surface area contributed by atoms with Crippen LogP contribution >= 0.6 is 0 Å². The van der Waals surface area contributed by atoms with Crippen molar-refractivity contribution in [2.24, 2.45) is 5.73 Å². The highest BCUT2D eigenvalue weighted by molar-refractivity contribution is 5.85. The molecule has 0 atom stereocenters. The van der Waals surface area contributed by atoms with Gasteiger partial charge in [0.2, 0.25) is 11.8 Å². The maximum absolute atomic E-state index is 11.7. The summed E-state index contributed by atoms with van der Waals surface area (Å²) in [5.74, 6) is -0.281. The van der Waals surface area contributed by atoms with Gasteiger partial charge in [0.1, 0.15) is 0 Å². The molecule has 15 heavy (non-hydrogen) atoms. The molecule has 0 radical (unpaired) electrons. The highest BCUT2D eigenvalue weighted by atomic mass is 16.2. The molecule has 3 N–H and O–H groups in total. The van der Waals surface area contributed by atoms with E-state index in [1.807, 2.05) is 11.8 Å². The highest BCUT2D eigenvalue weighted by Gasteiger charge is 2.31. The first-order valence-corrected chi connectivity index (χ1v) is 5.45. The smallest absolute Gasteiger partial charge is 0.242 e. The third kappa shape index (κ3) is 3.87. The summed E-state index contributed by atoms with van der Waals surface area (Å²) in [5, 5.41) is 2.50. The van der Waals surface area contributed by atoms with Gasteiger partial charge in [-0.05, 0) is 19.3 Å². The first kappa shape index (κ1) is 12.0. The first-order chi connectivity index (χ1) is 7.19. The predicted molar refractivity (Wildman–Crippen MR) is 57.1 cm³/mol. The summed E-state index contributed by atoms with van der Waals surface area (Å²) in [6.07, 6.45) is 3.14. The third-order valence-electron chi connectivity index (χ3n) is 2.39. The average molecular weight is 213 g/mol. The van der Waals surface area contributed by atoms with Gasteiger partial charge in [-0.15, -0.1) is 0 Å². The molecule has 0 unspecified atom stereocenters. The molecule has 0 aromatic rings.